The van der Waals surface area contributed by atoms with Gasteiger partial charge in [0.2, 0.25) is 0 Å². The molecule has 5 nitrogen and oxygen atoms in total. The second kappa shape index (κ2) is 4.63. The number of aliphatic hydroxyl groups is 1. The van der Waals surface area contributed by atoms with Gasteiger partial charge in [0.05, 0.1) is 11.0 Å². The maximum absolute atomic E-state index is 13.0. The van der Waals surface area contributed by atoms with Gasteiger partial charge in [-0.3, -0.25) is 9.69 Å². The summed E-state index contributed by atoms with van der Waals surface area (Å²) in [5, 5.41) is 22.5. The average molecular weight is 355 g/mol. The van der Waals surface area contributed by atoms with Crippen LogP contribution in [-0.2, 0) is 16.6 Å². The minimum atomic E-state index is -0.968. The molecule has 5 heteroatoms. The molecule has 1 aromatic carbocycles. The van der Waals surface area contributed by atoms with Crippen LogP contribution in [0.3, 0.4) is 0 Å². The number of phenolic OH excluding ortho intramolecular Hbond substituents is 1. The van der Waals surface area contributed by atoms with Crippen LogP contribution < -0.4 is 4.74 Å². The number of rotatable bonds is 2. The van der Waals surface area contributed by atoms with Crippen molar-refractivity contribution in [2.45, 2.75) is 62.2 Å². The fourth-order valence-corrected chi connectivity index (χ4v) is 6.53. The molecule has 2 heterocycles. The number of ketones is 1. The van der Waals surface area contributed by atoms with Crippen molar-refractivity contribution in [3.05, 3.63) is 23.3 Å². The number of benzene rings is 1. The first kappa shape index (κ1) is 15.5. The minimum Gasteiger partial charge on any atom is -0.504 e. The van der Waals surface area contributed by atoms with Crippen LogP contribution in [0.5, 0.6) is 11.5 Å². The van der Waals surface area contributed by atoms with E-state index in [-0.39, 0.29) is 23.5 Å². The van der Waals surface area contributed by atoms with Crippen LogP contribution in [0.4, 0.5) is 0 Å². The topological polar surface area (TPSA) is 70.0 Å². The molecule has 2 bridgehead atoms. The van der Waals surface area contributed by atoms with Gasteiger partial charge in [0.15, 0.2) is 23.4 Å². The van der Waals surface area contributed by atoms with Crippen LogP contribution >= 0.6 is 0 Å². The molecule has 2 N–H and O–H groups in total. The lowest BCUT2D eigenvalue weighted by molar-refractivity contribution is -0.196. The Labute approximate surface area is 152 Å². The molecule has 1 spiro atoms. The maximum atomic E-state index is 13.0. The Morgan fingerprint density at radius 2 is 2.15 bits per heavy atom. The van der Waals surface area contributed by atoms with Gasteiger partial charge in [-0.15, -0.1) is 0 Å². The molecular weight excluding hydrogens is 330 g/mol. The van der Waals surface area contributed by atoms with Gasteiger partial charge >= 0.3 is 0 Å². The number of ether oxygens (including phenoxy) is 1. The van der Waals surface area contributed by atoms with E-state index in [0.717, 1.165) is 43.0 Å². The van der Waals surface area contributed by atoms with Gasteiger partial charge in [0.25, 0.3) is 0 Å². The number of hydrogen-bond donors (Lipinski definition) is 2. The van der Waals surface area contributed by atoms with Crippen LogP contribution in [0.25, 0.3) is 0 Å². The number of nitrogens with zero attached hydrogens (tertiary/aromatic N) is 1. The van der Waals surface area contributed by atoms with Gasteiger partial charge in [0, 0.05) is 24.1 Å². The number of likely N-dealkylation sites (tertiary alicyclic amines) is 1. The van der Waals surface area contributed by atoms with Crippen molar-refractivity contribution in [3.8, 4) is 11.5 Å². The van der Waals surface area contributed by atoms with E-state index in [1.54, 1.807) is 6.07 Å². The van der Waals surface area contributed by atoms with Crippen molar-refractivity contribution < 1.29 is 19.7 Å². The second-order valence-electron chi connectivity index (χ2n) is 9.26. The number of carbonyl (C=O) groups is 1. The van der Waals surface area contributed by atoms with Crippen molar-refractivity contribution in [1.82, 2.24) is 4.90 Å². The summed E-state index contributed by atoms with van der Waals surface area (Å²) in [5.74, 6) is 1.16. The highest BCUT2D eigenvalue weighted by Gasteiger charge is 2.74. The first-order valence-electron chi connectivity index (χ1n) is 9.98. The Hall–Kier alpha value is -1.59. The maximum Gasteiger partial charge on any atom is 0.177 e. The van der Waals surface area contributed by atoms with E-state index >= 15 is 0 Å². The number of piperidine rings is 1. The third-order valence-electron chi connectivity index (χ3n) is 7.87. The van der Waals surface area contributed by atoms with E-state index in [0.29, 0.717) is 12.2 Å². The van der Waals surface area contributed by atoms with Crippen molar-refractivity contribution in [2.24, 2.45) is 11.8 Å². The molecule has 2 saturated carbocycles. The molecular formula is C21H25NO4. The Morgan fingerprint density at radius 3 is 2.92 bits per heavy atom. The summed E-state index contributed by atoms with van der Waals surface area (Å²) in [5.41, 5.74) is 0.401. The lowest BCUT2D eigenvalue weighted by Gasteiger charge is -2.63. The minimum absolute atomic E-state index is 0.0292. The predicted molar refractivity (Wildman–Crippen MR) is 94.3 cm³/mol. The lowest BCUT2D eigenvalue weighted by atomic mass is 9.47. The van der Waals surface area contributed by atoms with E-state index < -0.39 is 17.1 Å². The van der Waals surface area contributed by atoms with E-state index in [4.69, 9.17) is 4.74 Å². The van der Waals surface area contributed by atoms with Crippen LogP contribution in [0.1, 0.15) is 43.7 Å². The van der Waals surface area contributed by atoms with E-state index in [1.807, 2.05) is 13.0 Å². The SMILES string of the molecule is C[C@H]1CC2(O)C3Cc4ccc(O)c5c4C2(CCN3CC2CC2)C(O5)C1=O. The molecule has 0 amide bonds. The number of hydrogen-bond acceptors (Lipinski definition) is 5. The van der Waals surface area contributed by atoms with Gasteiger partial charge in [-0.1, -0.05) is 13.0 Å². The number of Topliss-reactive ketones (excluding diaryl/α,β-unsaturated/α-hetero) is 1. The zero-order valence-electron chi connectivity index (χ0n) is 15.1. The third-order valence-corrected chi connectivity index (χ3v) is 7.87. The van der Waals surface area contributed by atoms with Crippen molar-refractivity contribution in [2.75, 3.05) is 13.1 Å². The molecule has 5 aliphatic rings. The van der Waals surface area contributed by atoms with E-state index in [9.17, 15) is 15.0 Å². The molecule has 26 heavy (non-hydrogen) atoms. The fourth-order valence-electron chi connectivity index (χ4n) is 6.53. The lowest BCUT2D eigenvalue weighted by Crippen LogP contribution is -2.77. The molecule has 3 aliphatic carbocycles. The molecule has 138 valence electrons. The molecule has 3 fully saturated rings. The zero-order valence-corrected chi connectivity index (χ0v) is 15.1. The van der Waals surface area contributed by atoms with Crippen molar-refractivity contribution >= 4 is 5.78 Å². The van der Waals surface area contributed by atoms with Gasteiger partial charge in [-0.05, 0) is 56.2 Å². The Bertz CT molecular complexity index is 834. The van der Waals surface area contributed by atoms with Crippen LogP contribution in [0.15, 0.2) is 12.1 Å². The summed E-state index contributed by atoms with van der Waals surface area (Å²) in [7, 11) is 0. The Kier molecular flexibility index (Phi) is 2.75. The van der Waals surface area contributed by atoms with Crippen LogP contribution in [0, 0.1) is 11.8 Å². The standard InChI is InChI=1S/C21H25NO4/c1-11-9-21(25)15-8-13-4-5-14(23)18-16(13)20(21,19(26-18)17(11)24)6-7-22(15)10-12-2-3-12/h4-5,11-12,15,19,23,25H,2-3,6-10H2,1H3/t11-,15?,19?,20?,21?/m0/s1. The largest absolute Gasteiger partial charge is 0.504 e. The molecule has 4 unspecified atom stereocenters. The van der Waals surface area contributed by atoms with Gasteiger partial charge < -0.3 is 14.9 Å². The average Bonchev–Trinajstić information content (AvgIpc) is 3.33. The summed E-state index contributed by atoms with van der Waals surface area (Å²) in [6.45, 7) is 3.85. The first-order valence-corrected chi connectivity index (χ1v) is 9.98. The predicted octanol–water partition coefficient (Wildman–Crippen LogP) is 1.77. The summed E-state index contributed by atoms with van der Waals surface area (Å²) in [4.78, 5) is 15.5. The Balaban J connectivity index is 1.59. The fraction of sp³-hybridized carbons (Fsp3) is 0.667. The molecule has 5 atom stereocenters. The molecule has 0 radical (unpaired) electrons. The van der Waals surface area contributed by atoms with Gasteiger partial charge in [0.1, 0.15) is 0 Å². The summed E-state index contributed by atoms with van der Waals surface area (Å²) >= 11 is 0. The molecule has 6 rings (SSSR count). The van der Waals surface area contributed by atoms with E-state index in [2.05, 4.69) is 4.90 Å². The molecule has 0 aromatic heterocycles. The monoisotopic (exact) mass is 355 g/mol. The number of phenols is 1. The summed E-state index contributed by atoms with van der Waals surface area (Å²) < 4.78 is 6.11. The highest BCUT2D eigenvalue weighted by Crippen LogP contribution is 2.65. The quantitative estimate of drug-likeness (QED) is 0.846. The molecule has 1 saturated heterocycles. The molecule has 2 aliphatic heterocycles. The first-order chi connectivity index (χ1) is 12.5. The van der Waals surface area contributed by atoms with Crippen molar-refractivity contribution in [3.63, 3.8) is 0 Å². The van der Waals surface area contributed by atoms with Crippen LogP contribution in [0.2, 0.25) is 0 Å². The smallest absolute Gasteiger partial charge is 0.177 e. The number of carbonyl (C=O) groups excluding carboxylic acids is 1. The molecule has 1 aromatic rings. The highest BCUT2D eigenvalue weighted by molar-refractivity contribution is 5.91. The third kappa shape index (κ3) is 1.59. The zero-order chi connectivity index (χ0) is 17.8. The van der Waals surface area contributed by atoms with Crippen LogP contribution in [-0.4, -0.2) is 51.7 Å². The second-order valence-corrected chi connectivity index (χ2v) is 9.26. The summed E-state index contributed by atoms with van der Waals surface area (Å²) in [6.07, 6.45) is 3.91. The number of aromatic hydroxyl groups is 1. The summed E-state index contributed by atoms with van der Waals surface area (Å²) in [6, 6.07) is 3.68. The highest BCUT2D eigenvalue weighted by atomic mass is 16.5. The van der Waals surface area contributed by atoms with Gasteiger partial charge in [-0.2, -0.15) is 0 Å². The normalized spacial score (nSPS) is 43.2. The van der Waals surface area contributed by atoms with Crippen molar-refractivity contribution in [1.29, 1.82) is 0 Å². The van der Waals surface area contributed by atoms with E-state index in [1.165, 1.54) is 12.8 Å². The Morgan fingerprint density at radius 1 is 1.35 bits per heavy atom. The van der Waals surface area contributed by atoms with Gasteiger partial charge in [-0.25, -0.2) is 0 Å².